The summed E-state index contributed by atoms with van der Waals surface area (Å²) in [6.07, 6.45) is -2.58. The van der Waals surface area contributed by atoms with Crippen molar-refractivity contribution in [1.82, 2.24) is 24.4 Å². The summed E-state index contributed by atoms with van der Waals surface area (Å²) < 4.78 is 50.2. The van der Waals surface area contributed by atoms with E-state index in [1.807, 2.05) is 19.9 Å². The van der Waals surface area contributed by atoms with Gasteiger partial charge in [0, 0.05) is 37.1 Å². The Morgan fingerprint density at radius 1 is 1.14 bits per heavy atom. The van der Waals surface area contributed by atoms with E-state index in [0.717, 1.165) is 0 Å². The molecule has 2 atom stereocenters. The highest BCUT2D eigenvalue weighted by Crippen LogP contribution is 2.43. The Morgan fingerprint density at radius 2 is 1.84 bits per heavy atom. The van der Waals surface area contributed by atoms with Crippen LogP contribution in [0.1, 0.15) is 51.4 Å². The maximum Gasteiger partial charge on any atom is 0.418 e. The molecular weight excluding hydrogens is 487 g/mol. The van der Waals surface area contributed by atoms with E-state index in [1.54, 1.807) is 30.6 Å². The van der Waals surface area contributed by atoms with E-state index in [0.29, 0.717) is 0 Å². The number of alkyl halides is 3. The minimum Gasteiger partial charge on any atom is -0.444 e. The number of halogens is 3. The van der Waals surface area contributed by atoms with Gasteiger partial charge in [-0.3, -0.25) is 4.57 Å². The van der Waals surface area contributed by atoms with Crippen molar-refractivity contribution in [3.8, 4) is 11.9 Å². The van der Waals surface area contributed by atoms with Gasteiger partial charge in [-0.05, 0) is 53.7 Å². The predicted octanol–water partition coefficient (Wildman–Crippen LogP) is 4.85. The zero-order valence-electron chi connectivity index (χ0n) is 21.5. The van der Waals surface area contributed by atoms with Gasteiger partial charge in [-0.2, -0.15) is 18.4 Å². The molecule has 196 valence electrons. The molecule has 12 heteroatoms. The molecule has 1 aliphatic rings. The van der Waals surface area contributed by atoms with Crippen LogP contribution in [0.15, 0.2) is 24.7 Å². The number of rotatable bonds is 2. The minimum atomic E-state index is -4.70. The third-order valence-corrected chi connectivity index (χ3v) is 6.24. The number of amides is 1. The zero-order chi connectivity index (χ0) is 27.3. The van der Waals surface area contributed by atoms with Crippen molar-refractivity contribution < 1.29 is 22.7 Å². The Kier molecular flexibility index (Phi) is 6.52. The summed E-state index contributed by atoms with van der Waals surface area (Å²) in [5, 5.41) is 9.13. The number of hydrogen-bond donors (Lipinski definition) is 0. The Labute approximate surface area is 212 Å². The molecule has 1 saturated heterocycles. The fraction of sp³-hybridized carbons (Fsp3) is 0.480. The molecule has 4 heterocycles. The molecule has 0 aliphatic carbocycles. The van der Waals surface area contributed by atoms with E-state index in [1.165, 1.54) is 36.1 Å². The van der Waals surface area contributed by atoms with Gasteiger partial charge in [0.2, 0.25) is 0 Å². The summed E-state index contributed by atoms with van der Waals surface area (Å²) in [4.78, 5) is 28.8. The fourth-order valence-corrected chi connectivity index (χ4v) is 4.66. The molecule has 3 aromatic heterocycles. The number of carbonyl (C=O) groups is 1. The topological polar surface area (TPSA) is 100 Å². The van der Waals surface area contributed by atoms with Crippen molar-refractivity contribution in [2.45, 2.75) is 65.4 Å². The van der Waals surface area contributed by atoms with Gasteiger partial charge in [-0.1, -0.05) is 0 Å². The first kappa shape index (κ1) is 26.2. The first-order chi connectivity index (χ1) is 17.2. The van der Waals surface area contributed by atoms with Crippen LogP contribution in [0.25, 0.3) is 16.9 Å². The number of piperazine rings is 1. The number of aromatic nitrogens is 4. The molecule has 0 aromatic carbocycles. The van der Waals surface area contributed by atoms with Crippen LogP contribution >= 0.6 is 0 Å². The second kappa shape index (κ2) is 9.21. The predicted molar refractivity (Wildman–Crippen MR) is 130 cm³/mol. The number of ether oxygens (including phenoxy) is 1. The van der Waals surface area contributed by atoms with E-state index < -0.39 is 23.4 Å². The molecule has 0 spiro atoms. The first-order valence-electron chi connectivity index (χ1n) is 11.8. The van der Waals surface area contributed by atoms with Crippen LogP contribution in [-0.4, -0.2) is 61.3 Å². The lowest BCUT2D eigenvalue weighted by molar-refractivity contribution is -0.136. The second-order valence-corrected chi connectivity index (χ2v) is 10.2. The third-order valence-electron chi connectivity index (χ3n) is 6.24. The first-order valence-corrected chi connectivity index (χ1v) is 11.8. The highest BCUT2D eigenvalue weighted by atomic mass is 19.4. The molecule has 1 aliphatic heterocycles. The Balaban J connectivity index is 1.85. The molecule has 4 rings (SSSR count). The van der Waals surface area contributed by atoms with E-state index in [2.05, 4.69) is 15.0 Å². The molecule has 0 saturated carbocycles. The fourth-order valence-electron chi connectivity index (χ4n) is 4.66. The Morgan fingerprint density at radius 3 is 2.46 bits per heavy atom. The Hall–Kier alpha value is -3.88. The smallest absolute Gasteiger partial charge is 0.418 e. The molecule has 0 radical (unpaired) electrons. The molecule has 0 unspecified atom stereocenters. The number of nitriles is 1. The SMILES string of the molecule is Cc1c(C(F)(F)F)c2c(N3C[C@@H](C)N(C(=O)OC(C)(C)C)C[C@@H]3C)ncnc2n1-c1cc(C#N)ccn1. The molecule has 9 nitrogen and oxygen atoms in total. The number of fused-ring (bicyclic) bond motifs is 1. The zero-order valence-corrected chi connectivity index (χ0v) is 21.5. The highest BCUT2D eigenvalue weighted by Gasteiger charge is 2.42. The minimum absolute atomic E-state index is 0.0341. The second-order valence-electron chi connectivity index (χ2n) is 10.2. The average Bonchev–Trinajstić information content (AvgIpc) is 3.11. The molecule has 0 bridgehead atoms. The van der Waals surface area contributed by atoms with Gasteiger partial charge in [0.1, 0.15) is 23.6 Å². The normalized spacial score (nSPS) is 18.7. The monoisotopic (exact) mass is 515 g/mol. The van der Waals surface area contributed by atoms with Gasteiger partial charge < -0.3 is 14.5 Å². The van der Waals surface area contributed by atoms with Gasteiger partial charge in [-0.25, -0.2) is 19.7 Å². The van der Waals surface area contributed by atoms with Gasteiger partial charge in [0.25, 0.3) is 0 Å². The maximum atomic E-state index is 14.5. The van der Waals surface area contributed by atoms with Crippen LogP contribution in [0.4, 0.5) is 23.8 Å². The lowest BCUT2D eigenvalue weighted by Gasteiger charge is -2.44. The van der Waals surface area contributed by atoms with Crippen LogP contribution in [0, 0.1) is 18.3 Å². The molecule has 1 amide bonds. The van der Waals surface area contributed by atoms with Crippen LogP contribution in [0.3, 0.4) is 0 Å². The van der Waals surface area contributed by atoms with Gasteiger partial charge in [0.15, 0.2) is 5.65 Å². The van der Waals surface area contributed by atoms with Crippen molar-refractivity contribution >= 4 is 22.9 Å². The summed E-state index contributed by atoms with van der Waals surface area (Å²) in [5.74, 6) is 0.275. The van der Waals surface area contributed by atoms with Crippen molar-refractivity contribution in [1.29, 1.82) is 5.26 Å². The van der Waals surface area contributed by atoms with Crippen molar-refractivity contribution in [3.05, 3.63) is 41.5 Å². The number of pyridine rings is 1. The van der Waals surface area contributed by atoms with E-state index in [9.17, 15) is 23.2 Å². The average molecular weight is 516 g/mol. The Bertz CT molecular complexity index is 1390. The largest absolute Gasteiger partial charge is 0.444 e. The lowest BCUT2D eigenvalue weighted by atomic mass is 10.1. The van der Waals surface area contributed by atoms with Crippen molar-refractivity contribution in [2.75, 3.05) is 18.0 Å². The number of anilines is 1. The lowest BCUT2D eigenvalue weighted by Crippen LogP contribution is -2.59. The number of hydrogen-bond acceptors (Lipinski definition) is 7. The van der Waals surface area contributed by atoms with Crippen molar-refractivity contribution in [3.63, 3.8) is 0 Å². The summed E-state index contributed by atoms with van der Waals surface area (Å²) in [6.45, 7) is 10.8. The molecular formula is C25H28F3N7O2. The number of nitrogens with zero attached hydrogens (tertiary/aromatic N) is 7. The molecule has 37 heavy (non-hydrogen) atoms. The van der Waals surface area contributed by atoms with E-state index in [-0.39, 0.29) is 59.1 Å². The summed E-state index contributed by atoms with van der Waals surface area (Å²) in [6, 6.07) is 4.17. The van der Waals surface area contributed by atoms with Crippen LogP contribution in [-0.2, 0) is 10.9 Å². The van der Waals surface area contributed by atoms with E-state index >= 15 is 0 Å². The quantitative estimate of drug-likeness (QED) is 0.481. The standard InChI is InChI=1S/C25H28F3N7O2/c1-14-12-34(23(36)37-24(4,5)6)15(2)11-33(14)21-19-20(25(26,27)28)16(3)35(22(19)32-13-31-21)18-9-17(10-29)7-8-30-18/h7-9,13-15H,11-12H2,1-6H3/t14-,15+/m0/s1. The maximum absolute atomic E-state index is 14.5. The van der Waals surface area contributed by atoms with Crippen molar-refractivity contribution in [2.24, 2.45) is 0 Å². The van der Waals surface area contributed by atoms with Crippen LogP contribution < -0.4 is 4.90 Å². The molecule has 1 fully saturated rings. The number of carbonyl (C=O) groups excluding carboxylic acids is 1. The van der Waals surface area contributed by atoms with E-state index in [4.69, 9.17) is 4.74 Å². The molecule has 3 aromatic rings. The third kappa shape index (κ3) is 4.90. The van der Waals surface area contributed by atoms with Crippen LogP contribution in [0.5, 0.6) is 0 Å². The van der Waals surface area contributed by atoms with Gasteiger partial charge in [-0.15, -0.1) is 0 Å². The van der Waals surface area contributed by atoms with Gasteiger partial charge >= 0.3 is 12.3 Å². The van der Waals surface area contributed by atoms with Gasteiger partial charge in [0.05, 0.1) is 22.6 Å². The summed E-state index contributed by atoms with van der Waals surface area (Å²) in [5.41, 5.74) is -1.35. The van der Waals surface area contributed by atoms with Crippen LogP contribution in [0.2, 0.25) is 0 Å². The molecule has 0 N–H and O–H groups in total. The summed E-state index contributed by atoms with van der Waals surface area (Å²) >= 11 is 0. The summed E-state index contributed by atoms with van der Waals surface area (Å²) in [7, 11) is 0. The highest BCUT2D eigenvalue weighted by molar-refractivity contribution is 5.94.